The van der Waals surface area contributed by atoms with Gasteiger partial charge in [0, 0.05) is 18.3 Å². The zero-order chi connectivity index (χ0) is 13.2. The molecule has 0 spiro atoms. The van der Waals surface area contributed by atoms with E-state index in [9.17, 15) is 0 Å². The highest BCUT2D eigenvalue weighted by molar-refractivity contribution is 14.1. The Kier molecular flexibility index (Phi) is 3.83. The van der Waals surface area contributed by atoms with E-state index in [4.69, 9.17) is 4.52 Å². The standard InChI is InChI=1S/C14H8I2N2O/c15-11-5-1-9(2-6-11)13-17-14(19-18-13)10-3-7-12(16)8-4-10/h1-8H. The Morgan fingerprint density at radius 3 is 1.84 bits per heavy atom. The van der Waals surface area contributed by atoms with E-state index in [2.05, 4.69) is 55.3 Å². The lowest BCUT2D eigenvalue weighted by Gasteiger charge is -1.94. The topological polar surface area (TPSA) is 38.9 Å². The molecule has 0 radical (unpaired) electrons. The Morgan fingerprint density at radius 1 is 0.737 bits per heavy atom. The summed E-state index contributed by atoms with van der Waals surface area (Å²) >= 11 is 4.53. The first-order valence-electron chi connectivity index (χ1n) is 5.58. The van der Waals surface area contributed by atoms with Crippen LogP contribution in [0.15, 0.2) is 53.1 Å². The van der Waals surface area contributed by atoms with E-state index in [0.29, 0.717) is 11.7 Å². The summed E-state index contributed by atoms with van der Waals surface area (Å²) in [4.78, 5) is 4.43. The maximum Gasteiger partial charge on any atom is 0.258 e. The van der Waals surface area contributed by atoms with Crippen LogP contribution in [0.4, 0.5) is 0 Å². The van der Waals surface area contributed by atoms with Crippen molar-refractivity contribution in [2.24, 2.45) is 0 Å². The van der Waals surface area contributed by atoms with Crippen LogP contribution in [0, 0.1) is 7.14 Å². The second-order valence-corrected chi connectivity index (χ2v) is 6.43. The van der Waals surface area contributed by atoms with Crippen LogP contribution in [0.25, 0.3) is 22.8 Å². The van der Waals surface area contributed by atoms with Gasteiger partial charge in [0.1, 0.15) is 0 Å². The third kappa shape index (κ3) is 2.97. The van der Waals surface area contributed by atoms with Crippen LogP contribution in [0.1, 0.15) is 0 Å². The van der Waals surface area contributed by atoms with E-state index in [0.717, 1.165) is 11.1 Å². The summed E-state index contributed by atoms with van der Waals surface area (Å²) in [5, 5.41) is 4.02. The molecule has 0 atom stereocenters. The quantitative estimate of drug-likeness (QED) is 0.510. The van der Waals surface area contributed by atoms with E-state index in [1.807, 2.05) is 48.5 Å². The van der Waals surface area contributed by atoms with E-state index < -0.39 is 0 Å². The predicted molar refractivity (Wildman–Crippen MR) is 90.6 cm³/mol. The first-order chi connectivity index (χ1) is 9.22. The van der Waals surface area contributed by atoms with Gasteiger partial charge in [-0.1, -0.05) is 17.3 Å². The number of rotatable bonds is 2. The fourth-order valence-electron chi connectivity index (χ4n) is 1.65. The van der Waals surface area contributed by atoms with Crippen LogP contribution in [-0.4, -0.2) is 10.1 Å². The zero-order valence-electron chi connectivity index (χ0n) is 9.68. The Balaban J connectivity index is 1.95. The van der Waals surface area contributed by atoms with Crippen LogP contribution >= 0.6 is 45.2 Å². The molecular formula is C14H8I2N2O. The molecule has 1 heterocycles. The normalized spacial score (nSPS) is 10.6. The lowest BCUT2D eigenvalue weighted by atomic mass is 10.2. The molecule has 0 aliphatic carbocycles. The first-order valence-corrected chi connectivity index (χ1v) is 7.74. The summed E-state index contributed by atoms with van der Waals surface area (Å²) < 4.78 is 7.67. The van der Waals surface area contributed by atoms with Crippen molar-refractivity contribution < 1.29 is 4.52 Å². The van der Waals surface area contributed by atoms with E-state index in [-0.39, 0.29) is 0 Å². The highest BCUT2D eigenvalue weighted by atomic mass is 127. The van der Waals surface area contributed by atoms with Crippen LogP contribution < -0.4 is 0 Å². The maximum absolute atomic E-state index is 5.31. The SMILES string of the molecule is Ic1ccc(-c2noc(-c3ccc(I)cc3)n2)cc1. The molecule has 94 valence electrons. The largest absolute Gasteiger partial charge is 0.334 e. The lowest BCUT2D eigenvalue weighted by Crippen LogP contribution is -1.82. The van der Waals surface area contributed by atoms with Crippen LogP contribution in [0.3, 0.4) is 0 Å². The predicted octanol–water partition coefficient (Wildman–Crippen LogP) is 4.61. The number of aromatic nitrogens is 2. The van der Waals surface area contributed by atoms with Crippen molar-refractivity contribution in [3.05, 3.63) is 55.7 Å². The minimum absolute atomic E-state index is 0.546. The number of halogens is 2. The molecule has 2 aromatic carbocycles. The Hall–Kier alpha value is -0.960. The number of hydrogen-bond donors (Lipinski definition) is 0. The number of benzene rings is 2. The van der Waals surface area contributed by atoms with Gasteiger partial charge >= 0.3 is 0 Å². The van der Waals surface area contributed by atoms with Gasteiger partial charge in [-0.05, 0) is 81.6 Å². The minimum Gasteiger partial charge on any atom is -0.334 e. The lowest BCUT2D eigenvalue weighted by molar-refractivity contribution is 0.432. The molecule has 5 heteroatoms. The molecule has 3 rings (SSSR count). The van der Waals surface area contributed by atoms with E-state index in [1.165, 1.54) is 7.14 Å². The van der Waals surface area contributed by atoms with Crippen molar-refractivity contribution in [1.29, 1.82) is 0 Å². The second-order valence-electron chi connectivity index (χ2n) is 3.94. The van der Waals surface area contributed by atoms with Crippen molar-refractivity contribution in [3.63, 3.8) is 0 Å². The summed E-state index contributed by atoms with van der Waals surface area (Å²) in [5.41, 5.74) is 1.89. The van der Waals surface area contributed by atoms with Crippen LogP contribution in [0.5, 0.6) is 0 Å². The first kappa shape index (κ1) is 13.0. The van der Waals surface area contributed by atoms with Crippen molar-refractivity contribution in [3.8, 4) is 22.8 Å². The molecule has 0 unspecified atom stereocenters. The monoisotopic (exact) mass is 474 g/mol. The average molecular weight is 474 g/mol. The third-order valence-electron chi connectivity index (χ3n) is 2.62. The molecule has 0 aliphatic rings. The molecule has 0 N–H and O–H groups in total. The summed E-state index contributed by atoms with van der Waals surface area (Å²) in [6, 6.07) is 16.0. The average Bonchev–Trinajstić information content (AvgIpc) is 2.90. The maximum atomic E-state index is 5.31. The molecule has 0 saturated carbocycles. The molecule has 0 aliphatic heterocycles. The molecule has 19 heavy (non-hydrogen) atoms. The van der Waals surface area contributed by atoms with Gasteiger partial charge in [-0.3, -0.25) is 0 Å². The Labute approximate surface area is 137 Å². The van der Waals surface area contributed by atoms with E-state index >= 15 is 0 Å². The number of nitrogens with zero attached hydrogens (tertiary/aromatic N) is 2. The summed E-state index contributed by atoms with van der Waals surface area (Å²) in [6.45, 7) is 0. The van der Waals surface area contributed by atoms with Gasteiger partial charge in [0.25, 0.3) is 5.89 Å². The van der Waals surface area contributed by atoms with Gasteiger partial charge in [0.05, 0.1) is 0 Å². The highest BCUT2D eigenvalue weighted by Gasteiger charge is 2.10. The smallest absolute Gasteiger partial charge is 0.258 e. The summed E-state index contributed by atoms with van der Waals surface area (Å²) in [5.74, 6) is 1.16. The van der Waals surface area contributed by atoms with E-state index in [1.54, 1.807) is 0 Å². The highest BCUT2D eigenvalue weighted by Crippen LogP contribution is 2.23. The molecule has 3 nitrogen and oxygen atoms in total. The Bertz CT molecular complexity index is 630. The minimum atomic E-state index is 0.546. The van der Waals surface area contributed by atoms with Crippen molar-refractivity contribution in [2.45, 2.75) is 0 Å². The van der Waals surface area contributed by atoms with Gasteiger partial charge in [0.15, 0.2) is 0 Å². The summed E-state index contributed by atoms with van der Waals surface area (Å²) in [7, 11) is 0. The zero-order valence-corrected chi connectivity index (χ0v) is 14.0. The molecule has 0 fully saturated rings. The molecular weight excluding hydrogens is 466 g/mol. The molecule has 1 aromatic heterocycles. The van der Waals surface area contributed by atoms with Crippen molar-refractivity contribution in [1.82, 2.24) is 10.1 Å². The van der Waals surface area contributed by atoms with Crippen molar-refractivity contribution >= 4 is 45.2 Å². The third-order valence-corrected chi connectivity index (χ3v) is 4.06. The summed E-state index contributed by atoms with van der Waals surface area (Å²) in [6.07, 6.45) is 0. The molecule has 0 saturated heterocycles. The van der Waals surface area contributed by atoms with Crippen molar-refractivity contribution in [2.75, 3.05) is 0 Å². The Morgan fingerprint density at radius 2 is 1.26 bits per heavy atom. The fraction of sp³-hybridized carbons (Fsp3) is 0. The van der Waals surface area contributed by atoms with Gasteiger partial charge in [0.2, 0.25) is 5.82 Å². The van der Waals surface area contributed by atoms with Gasteiger partial charge < -0.3 is 4.52 Å². The molecule has 0 amide bonds. The fourth-order valence-corrected chi connectivity index (χ4v) is 2.37. The molecule has 3 aromatic rings. The number of hydrogen-bond acceptors (Lipinski definition) is 3. The molecule has 0 bridgehead atoms. The van der Waals surface area contributed by atoms with Crippen LogP contribution in [0.2, 0.25) is 0 Å². The van der Waals surface area contributed by atoms with Crippen LogP contribution in [-0.2, 0) is 0 Å². The van der Waals surface area contributed by atoms with Gasteiger partial charge in [-0.2, -0.15) is 4.98 Å². The second kappa shape index (κ2) is 5.58. The van der Waals surface area contributed by atoms with Gasteiger partial charge in [-0.15, -0.1) is 0 Å². The van der Waals surface area contributed by atoms with Gasteiger partial charge in [-0.25, -0.2) is 0 Å².